The number of hydrogen-bond acceptors (Lipinski definition) is 4. The number of guanidine groups is 1. The maximum Gasteiger partial charge on any atom is 0.191 e. The third-order valence-corrected chi connectivity index (χ3v) is 6.58. The van der Waals surface area contributed by atoms with Crippen molar-refractivity contribution >= 4 is 33.6 Å². The first kappa shape index (κ1) is 18.3. The fourth-order valence-electron chi connectivity index (χ4n) is 3.10. The summed E-state index contributed by atoms with van der Waals surface area (Å²) in [4.78, 5) is 8.72. The van der Waals surface area contributed by atoms with E-state index in [0.717, 1.165) is 45.0 Å². The Bertz CT molecular complexity index is 628. The number of rotatable bonds is 6. The molecule has 0 aliphatic carbocycles. The minimum Gasteiger partial charge on any atom is -0.363 e. The molecule has 1 unspecified atom stereocenters. The first-order chi connectivity index (χ1) is 12.3. The van der Waals surface area contributed by atoms with E-state index in [2.05, 4.69) is 64.4 Å². The van der Waals surface area contributed by atoms with Gasteiger partial charge in [-0.2, -0.15) is 0 Å². The quantitative estimate of drug-likeness (QED) is 0.588. The average molecular weight is 377 g/mol. The molecule has 136 valence electrons. The Kier molecular flexibility index (Phi) is 6.76. The van der Waals surface area contributed by atoms with Crippen LogP contribution in [0.2, 0.25) is 0 Å². The van der Waals surface area contributed by atoms with Crippen LogP contribution >= 0.6 is 22.7 Å². The summed E-state index contributed by atoms with van der Waals surface area (Å²) < 4.78 is 0. The van der Waals surface area contributed by atoms with Crippen LogP contribution in [0.25, 0.3) is 0 Å². The van der Waals surface area contributed by atoms with Gasteiger partial charge in [-0.25, -0.2) is 0 Å². The van der Waals surface area contributed by atoms with Crippen molar-refractivity contribution in [3.05, 3.63) is 39.9 Å². The van der Waals surface area contributed by atoms with Crippen LogP contribution in [-0.4, -0.2) is 38.2 Å². The molecular weight excluding hydrogens is 348 g/mol. The predicted octanol–water partition coefficient (Wildman–Crippen LogP) is 4.14. The molecule has 0 aromatic carbocycles. The standard InChI is InChI=1S/C19H28N4S2/c1-3-20-19(21-14-15(2)17-6-4-12-24-17)22-16-8-10-23(11-9-16)18-7-5-13-25-18/h4-7,12-13,15-16H,3,8-11,14H2,1-2H3,(H2,20,21,22). The van der Waals surface area contributed by atoms with Crippen molar-refractivity contribution in [2.45, 2.75) is 38.6 Å². The van der Waals surface area contributed by atoms with E-state index in [4.69, 9.17) is 4.99 Å². The first-order valence-corrected chi connectivity index (χ1v) is 10.9. The van der Waals surface area contributed by atoms with Gasteiger partial charge in [0.1, 0.15) is 0 Å². The van der Waals surface area contributed by atoms with Crippen LogP contribution in [0.4, 0.5) is 5.00 Å². The minimum absolute atomic E-state index is 0.469. The lowest BCUT2D eigenvalue weighted by atomic mass is 10.1. The number of nitrogens with one attached hydrogen (secondary N) is 2. The molecule has 1 aliphatic heterocycles. The predicted molar refractivity (Wildman–Crippen MR) is 111 cm³/mol. The fraction of sp³-hybridized carbons (Fsp3) is 0.526. The third-order valence-electron chi connectivity index (χ3n) is 4.55. The van der Waals surface area contributed by atoms with Crippen molar-refractivity contribution in [2.75, 3.05) is 31.1 Å². The highest BCUT2D eigenvalue weighted by molar-refractivity contribution is 7.14. The Balaban J connectivity index is 1.50. The number of thiophene rings is 2. The lowest BCUT2D eigenvalue weighted by Crippen LogP contribution is -2.48. The number of piperidine rings is 1. The van der Waals surface area contributed by atoms with E-state index < -0.39 is 0 Å². The molecule has 25 heavy (non-hydrogen) atoms. The summed E-state index contributed by atoms with van der Waals surface area (Å²) in [5, 5.41) is 12.7. The zero-order chi connectivity index (χ0) is 17.5. The molecule has 0 spiro atoms. The van der Waals surface area contributed by atoms with E-state index in [9.17, 15) is 0 Å². The van der Waals surface area contributed by atoms with Crippen molar-refractivity contribution in [3.8, 4) is 0 Å². The first-order valence-electron chi connectivity index (χ1n) is 9.13. The summed E-state index contributed by atoms with van der Waals surface area (Å²) in [6, 6.07) is 9.17. The second kappa shape index (κ2) is 9.25. The molecule has 0 saturated carbocycles. The van der Waals surface area contributed by atoms with Crippen LogP contribution in [0.15, 0.2) is 40.0 Å². The van der Waals surface area contributed by atoms with Crippen molar-refractivity contribution in [1.29, 1.82) is 0 Å². The van der Waals surface area contributed by atoms with Crippen LogP contribution < -0.4 is 15.5 Å². The molecule has 1 fully saturated rings. The van der Waals surface area contributed by atoms with Gasteiger partial charge < -0.3 is 15.5 Å². The summed E-state index contributed by atoms with van der Waals surface area (Å²) in [5.74, 6) is 1.43. The van der Waals surface area contributed by atoms with Gasteiger partial charge in [0.25, 0.3) is 0 Å². The minimum atomic E-state index is 0.469. The number of aliphatic imine (C=N–C) groups is 1. The second-order valence-electron chi connectivity index (χ2n) is 6.49. The second-order valence-corrected chi connectivity index (χ2v) is 8.40. The third kappa shape index (κ3) is 5.22. The van der Waals surface area contributed by atoms with Crippen molar-refractivity contribution < 1.29 is 0 Å². The zero-order valence-electron chi connectivity index (χ0n) is 15.1. The molecule has 0 amide bonds. The molecule has 4 nitrogen and oxygen atoms in total. The molecule has 2 aromatic heterocycles. The largest absolute Gasteiger partial charge is 0.363 e. The number of anilines is 1. The molecule has 1 aliphatic rings. The molecule has 1 saturated heterocycles. The molecular formula is C19H28N4S2. The van der Waals surface area contributed by atoms with Crippen LogP contribution in [0.5, 0.6) is 0 Å². The molecule has 2 N–H and O–H groups in total. The molecule has 3 heterocycles. The van der Waals surface area contributed by atoms with Gasteiger partial charge in [0.05, 0.1) is 11.5 Å². The van der Waals surface area contributed by atoms with Gasteiger partial charge in [0.2, 0.25) is 0 Å². The maximum absolute atomic E-state index is 4.82. The van der Waals surface area contributed by atoms with Gasteiger partial charge in [-0.05, 0) is 48.7 Å². The highest BCUT2D eigenvalue weighted by Crippen LogP contribution is 2.25. The van der Waals surface area contributed by atoms with Crippen LogP contribution in [0.3, 0.4) is 0 Å². The van der Waals surface area contributed by atoms with Crippen molar-refractivity contribution in [1.82, 2.24) is 10.6 Å². The lowest BCUT2D eigenvalue weighted by Gasteiger charge is -2.33. The summed E-state index contributed by atoms with van der Waals surface area (Å²) in [6.07, 6.45) is 2.31. The van der Waals surface area contributed by atoms with Gasteiger partial charge in [-0.15, -0.1) is 22.7 Å². The van der Waals surface area contributed by atoms with E-state index in [0.29, 0.717) is 12.0 Å². The van der Waals surface area contributed by atoms with Crippen LogP contribution in [-0.2, 0) is 0 Å². The van der Waals surface area contributed by atoms with Gasteiger partial charge in [-0.3, -0.25) is 4.99 Å². The van der Waals surface area contributed by atoms with E-state index in [1.807, 2.05) is 22.7 Å². The highest BCUT2D eigenvalue weighted by atomic mass is 32.1. The van der Waals surface area contributed by atoms with E-state index in [-0.39, 0.29) is 0 Å². The summed E-state index contributed by atoms with van der Waals surface area (Å²) in [6.45, 7) is 8.32. The Morgan fingerprint density at radius 1 is 1.24 bits per heavy atom. The van der Waals surface area contributed by atoms with Gasteiger partial charge >= 0.3 is 0 Å². The Morgan fingerprint density at radius 3 is 2.64 bits per heavy atom. The Labute approximate surface area is 159 Å². The molecule has 2 aromatic rings. The fourth-order valence-corrected chi connectivity index (χ4v) is 4.66. The van der Waals surface area contributed by atoms with Crippen molar-refractivity contribution in [3.63, 3.8) is 0 Å². The van der Waals surface area contributed by atoms with E-state index >= 15 is 0 Å². The number of nitrogens with zero attached hydrogens (tertiary/aromatic N) is 2. The smallest absolute Gasteiger partial charge is 0.191 e. The molecule has 0 radical (unpaired) electrons. The van der Waals surface area contributed by atoms with E-state index in [1.54, 1.807) is 0 Å². The monoisotopic (exact) mass is 376 g/mol. The Hall–Kier alpha value is -1.53. The van der Waals surface area contributed by atoms with Gasteiger partial charge in [0, 0.05) is 36.5 Å². The van der Waals surface area contributed by atoms with Crippen molar-refractivity contribution in [2.24, 2.45) is 4.99 Å². The molecule has 0 bridgehead atoms. The Morgan fingerprint density at radius 2 is 2.00 bits per heavy atom. The lowest BCUT2D eigenvalue weighted by molar-refractivity contribution is 0.462. The van der Waals surface area contributed by atoms with Crippen LogP contribution in [0, 0.1) is 0 Å². The van der Waals surface area contributed by atoms with Gasteiger partial charge in [-0.1, -0.05) is 13.0 Å². The summed E-state index contributed by atoms with van der Waals surface area (Å²) in [5.41, 5.74) is 0. The molecule has 1 atom stereocenters. The summed E-state index contributed by atoms with van der Waals surface area (Å²) in [7, 11) is 0. The number of hydrogen-bond donors (Lipinski definition) is 2. The topological polar surface area (TPSA) is 39.7 Å². The highest BCUT2D eigenvalue weighted by Gasteiger charge is 2.20. The SMILES string of the molecule is CCNC(=NCC(C)c1cccs1)NC1CCN(c2cccs2)CC1. The average Bonchev–Trinajstić information content (AvgIpc) is 3.33. The molecule has 6 heteroatoms. The van der Waals surface area contributed by atoms with Gasteiger partial charge in [0.15, 0.2) is 5.96 Å². The molecule has 3 rings (SSSR count). The maximum atomic E-state index is 4.82. The normalized spacial score (nSPS) is 17.5. The summed E-state index contributed by atoms with van der Waals surface area (Å²) >= 11 is 3.65. The zero-order valence-corrected chi connectivity index (χ0v) is 16.7. The van der Waals surface area contributed by atoms with Crippen LogP contribution in [0.1, 0.15) is 37.5 Å². The van der Waals surface area contributed by atoms with E-state index in [1.165, 1.54) is 9.88 Å².